The first-order valence-electron chi connectivity index (χ1n) is 4.76. The Kier molecular flexibility index (Phi) is 2.91. The summed E-state index contributed by atoms with van der Waals surface area (Å²) >= 11 is 0. The van der Waals surface area contributed by atoms with Gasteiger partial charge in [-0.15, -0.1) is 0 Å². The highest BCUT2D eigenvalue weighted by Crippen LogP contribution is 2.19. The second-order valence-electron chi connectivity index (χ2n) is 3.12. The van der Waals surface area contributed by atoms with Gasteiger partial charge in [0.15, 0.2) is 0 Å². The van der Waals surface area contributed by atoms with Crippen molar-refractivity contribution in [2.24, 2.45) is 0 Å². The van der Waals surface area contributed by atoms with Crippen molar-refractivity contribution in [1.29, 1.82) is 0 Å². The summed E-state index contributed by atoms with van der Waals surface area (Å²) in [5, 5.41) is 0. The number of methoxy groups -OCH3 is 1. The molecule has 0 atom stereocenters. The molecule has 2 rings (SSSR count). The van der Waals surface area contributed by atoms with Gasteiger partial charge < -0.3 is 4.74 Å². The van der Waals surface area contributed by atoms with Crippen molar-refractivity contribution in [3.8, 4) is 5.75 Å². The zero-order valence-electron chi connectivity index (χ0n) is 8.75. The monoisotopic (exact) mass is 214 g/mol. The van der Waals surface area contributed by atoms with Gasteiger partial charge in [-0.05, 0) is 12.1 Å². The molecular weight excluding hydrogens is 204 g/mol. The van der Waals surface area contributed by atoms with Crippen molar-refractivity contribution < 1.29 is 9.53 Å². The molecule has 0 unspecified atom stereocenters. The molecule has 1 aromatic carbocycles. The van der Waals surface area contributed by atoms with Crippen LogP contribution in [0.5, 0.6) is 5.75 Å². The highest BCUT2D eigenvalue weighted by atomic mass is 16.5. The Morgan fingerprint density at radius 1 is 1.25 bits per heavy atom. The topological polar surface area (TPSA) is 52.1 Å². The van der Waals surface area contributed by atoms with Gasteiger partial charge in [0.2, 0.25) is 5.78 Å². The molecule has 2 aromatic rings. The number of carbonyl (C=O) groups excluding carboxylic acids is 1. The Bertz CT molecular complexity index is 497. The van der Waals surface area contributed by atoms with Crippen LogP contribution in [0, 0.1) is 0 Å². The summed E-state index contributed by atoms with van der Waals surface area (Å²) in [6.07, 6.45) is 4.45. The molecule has 0 bridgehead atoms. The van der Waals surface area contributed by atoms with Crippen molar-refractivity contribution in [2.75, 3.05) is 7.11 Å². The van der Waals surface area contributed by atoms with Gasteiger partial charge in [-0.2, -0.15) is 0 Å². The fourth-order valence-corrected chi connectivity index (χ4v) is 1.39. The Morgan fingerprint density at radius 3 is 2.75 bits per heavy atom. The maximum absolute atomic E-state index is 12.0. The number of ether oxygens (including phenoxy) is 1. The largest absolute Gasteiger partial charge is 0.496 e. The fraction of sp³-hybridized carbons (Fsp3) is 0.0833. The van der Waals surface area contributed by atoms with Crippen LogP contribution in [0.3, 0.4) is 0 Å². The van der Waals surface area contributed by atoms with Crippen molar-refractivity contribution in [3.05, 3.63) is 54.1 Å². The van der Waals surface area contributed by atoms with Crippen molar-refractivity contribution in [1.82, 2.24) is 9.97 Å². The van der Waals surface area contributed by atoms with Gasteiger partial charge in [-0.3, -0.25) is 9.78 Å². The molecule has 0 aliphatic carbocycles. The zero-order valence-corrected chi connectivity index (χ0v) is 8.75. The molecule has 0 aliphatic rings. The Balaban J connectivity index is 2.42. The van der Waals surface area contributed by atoms with Gasteiger partial charge in [0, 0.05) is 12.4 Å². The molecule has 0 saturated heterocycles. The Labute approximate surface area is 92.9 Å². The van der Waals surface area contributed by atoms with Crippen molar-refractivity contribution >= 4 is 5.78 Å². The standard InChI is InChI=1S/C12H10N2O2/c1-16-11-5-3-2-4-9(11)12(15)10-8-13-6-7-14-10/h2-8H,1H3. The first kappa shape index (κ1) is 10.3. The van der Waals surface area contributed by atoms with Gasteiger partial charge >= 0.3 is 0 Å². The molecule has 4 nitrogen and oxygen atoms in total. The second-order valence-corrected chi connectivity index (χ2v) is 3.12. The van der Waals surface area contributed by atoms with Crippen LogP contribution in [0.25, 0.3) is 0 Å². The predicted molar refractivity (Wildman–Crippen MR) is 58.5 cm³/mol. The molecule has 1 heterocycles. The van der Waals surface area contributed by atoms with Crippen LogP contribution < -0.4 is 4.74 Å². The number of rotatable bonds is 3. The van der Waals surface area contributed by atoms with Crippen LogP contribution in [-0.4, -0.2) is 22.9 Å². The maximum atomic E-state index is 12.0. The summed E-state index contributed by atoms with van der Waals surface area (Å²) in [5.41, 5.74) is 0.803. The molecule has 1 aromatic heterocycles. The molecule has 0 spiro atoms. The van der Waals surface area contributed by atoms with Crippen LogP contribution in [0.15, 0.2) is 42.9 Å². The molecule has 0 saturated carbocycles. The number of ketones is 1. The first-order chi connectivity index (χ1) is 7.83. The van der Waals surface area contributed by atoms with Crippen molar-refractivity contribution in [2.45, 2.75) is 0 Å². The van der Waals surface area contributed by atoms with Gasteiger partial charge in [0.1, 0.15) is 11.4 Å². The van der Waals surface area contributed by atoms with Gasteiger partial charge in [0.05, 0.1) is 18.9 Å². The number of carbonyl (C=O) groups is 1. The summed E-state index contributed by atoms with van der Waals surface area (Å²) in [6.45, 7) is 0. The lowest BCUT2D eigenvalue weighted by Crippen LogP contribution is -2.06. The Hall–Kier alpha value is -2.23. The van der Waals surface area contributed by atoms with Crippen molar-refractivity contribution in [3.63, 3.8) is 0 Å². The lowest BCUT2D eigenvalue weighted by Gasteiger charge is -2.05. The van der Waals surface area contributed by atoms with E-state index in [9.17, 15) is 4.79 Å². The van der Waals surface area contributed by atoms with E-state index in [1.54, 1.807) is 18.2 Å². The van der Waals surface area contributed by atoms with Crippen LogP contribution >= 0.6 is 0 Å². The number of hydrogen-bond donors (Lipinski definition) is 0. The molecule has 0 N–H and O–H groups in total. The van der Waals surface area contributed by atoms with E-state index in [0.29, 0.717) is 17.0 Å². The van der Waals surface area contributed by atoms with E-state index >= 15 is 0 Å². The number of benzene rings is 1. The third-order valence-corrected chi connectivity index (χ3v) is 2.15. The zero-order chi connectivity index (χ0) is 11.4. The summed E-state index contributed by atoms with van der Waals surface area (Å²) in [6, 6.07) is 7.04. The van der Waals surface area contributed by atoms with Crippen LogP contribution in [0.1, 0.15) is 16.1 Å². The SMILES string of the molecule is COc1ccccc1C(=O)c1cnccn1. The summed E-state index contributed by atoms with van der Waals surface area (Å²) in [7, 11) is 1.53. The molecule has 0 amide bonds. The average molecular weight is 214 g/mol. The number of hydrogen-bond acceptors (Lipinski definition) is 4. The minimum Gasteiger partial charge on any atom is -0.496 e. The fourth-order valence-electron chi connectivity index (χ4n) is 1.39. The predicted octanol–water partition coefficient (Wildman–Crippen LogP) is 1.72. The lowest BCUT2D eigenvalue weighted by atomic mass is 10.1. The van der Waals surface area contributed by atoms with E-state index in [-0.39, 0.29) is 5.78 Å². The summed E-state index contributed by atoms with van der Waals surface area (Å²) < 4.78 is 5.12. The molecule has 0 fully saturated rings. The van der Waals surface area contributed by atoms with E-state index in [1.807, 2.05) is 6.07 Å². The molecule has 16 heavy (non-hydrogen) atoms. The third kappa shape index (κ3) is 1.91. The average Bonchev–Trinajstić information content (AvgIpc) is 2.39. The minimum atomic E-state index is -0.189. The van der Waals surface area contributed by atoms with Gasteiger partial charge in [0.25, 0.3) is 0 Å². The van der Waals surface area contributed by atoms with E-state index in [4.69, 9.17) is 4.74 Å². The summed E-state index contributed by atoms with van der Waals surface area (Å²) in [4.78, 5) is 19.9. The van der Waals surface area contributed by atoms with Crippen LogP contribution in [0.2, 0.25) is 0 Å². The molecular formula is C12H10N2O2. The highest BCUT2D eigenvalue weighted by molar-refractivity contribution is 6.09. The molecule has 80 valence electrons. The first-order valence-corrected chi connectivity index (χ1v) is 4.76. The summed E-state index contributed by atoms with van der Waals surface area (Å²) in [5.74, 6) is 0.351. The number of aromatic nitrogens is 2. The molecule has 4 heteroatoms. The lowest BCUT2D eigenvalue weighted by molar-refractivity contribution is 0.103. The Morgan fingerprint density at radius 2 is 2.06 bits per heavy atom. The highest BCUT2D eigenvalue weighted by Gasteiger charge is 2.14. The van der Waals surface area contributed by atoms with E-state index in [2.05, 4.69) is 9.97 Å². The van der Waals surface area contributed by atoms with Gasteiger partial charge in [-0.25, -0.2) is 4.98 Å². The van der Waals surface area contributed by atoms with E-state index in [0.717, 1.165) is 0 Å². The van der Waals surface area contributed by atoms with E-state index in [1.165, 1.54) is 25.7 Å². The van der Waals surface area contributed by atoms with Crippen LogP contribution in [-0.2, 0) is 0 Å². The quantitative estimate of drug-likeness (QED) is 0.730. The third-order valence-electron chi connectivity index (χ3n) is 2.15. The number of nitrogens with zero attached hydrogens (tertiary/aromatic N) is 2. The maximum Gasteiger partial charge on any atom is 0.216 e. The minimum absolute atomic E-state index is 0.189. The molecule has 0 aliphatic heterocycles. The number of para-hydroxylation sites is 1. The van der Waals surface area contributed by atoms with Gasteiger partial charge in [-0.1, -0.05) is 12.1 Å². The smallest absolute Gasteiger partial charge is 0.216 e. The second kappa shape index (κ2) is 4.53. The van der Waals surface area contributed by atoms with Crippen LogP contribution in [0.4, 0.5) is 0 Å². The normalized spacial score (nSPS) is 9.81. The van der Waals surface area contributed by atoms with E-state index < -0.39 is 0 Å². The molecule has 0 radical (unpaired) electrons.